The number of aromatic nitrogens is 4. The Morgan fingerprint density at radius 2 is 1.91 bits per heavy atom. The number of anilines is 1. The van der Waals surface area contributed by atoms with Crippen LogP contribution in [0.4, 0.5) is 10.2 Å². The average molecular weight is 330 g/mol. The molecule has 1 N–H and O–H groups in total. The lowest BCUT2D eigenvalue weighted by Gasteiger charge is -2.06. The highest BCUT2D eigenvalue weighted by Crippen LogP contribution is 2.16. The van der Waals surface area contributed by atoms with Gasteiger partial charge >= 0.3 is 0 Å². The third-order valence-electron chi connectivity index (χ3n) is 3.45. The first-order valence-corrected chi connectivity index (χ1v) is 7.42. The summed E-state index contributed by atoms with van der Waals surface area (Å²) in [5, 5.41) is 11.9. The molecule has 0 aliphatic heterocycles. The van der Waals surface area contributed by atoms with Gasteiger partial charge < -0.3 is 5.32 Å². The average Bonchev–Trinajstić information content (AvgIpc) is 2.88. The molecule has 7 heteroatoms. The van der Waals surface area contributed by atoms with Crippen LogP contribution in [0.3, 0.4) is 0 Å². The van der Waals surface area contributed by atoms with Crippen LogP contribution in [0, 0.1) is 25.7 Å². The summed E-state index contributed by atoms with van der Waals surface area (Å²) in [4.78, 5) is 0. The fraction of sp³-hybridized carbons (Fsp3) is 0.600. The molecule has 124 valence electrons. The lowest BCUT2D eigenvalue weighted by atomic mass is 10.2. The molecule has 0 saturated heterocycles. The second kappa shape index (κ2) is 7.63. The number of nitrogens with one attached hydrogen (secondary N) is 1. The first-order chi connectivity index (χ1) is 9.92. The first kappa shape index (κ1) is 18.5. The highest BCUT2D eigenvalue weighted by atomic mass is 35.5. The summed E-state index contributed by atoms with van der Waals surface area (Å²) in [5.41, 5.74) is 2.43. The lowest BCUT2D eigenvalue weighted by Crippen LogP contribution is -2.09. The fourth-order valence-electron chi connectivity index (χ4n) is 2.31. The monoisotopic (exact) mass is 329 g/mol. The van der Waals surface area contributed by atoms with Crippen LogP contribution in [0.5, 0.6) is 0 Å². The molecule has 0 aliphatic carbocycles. The largest absolute Gasteiger partial charge is 0.364 e. The molecule has 0 fully saturated rings. The maximum Gasteiger partial charge on any atom is 0.216 e. The molecule has 0 aromatic carbocycles. The van der Waals surface area contributed by atoms with E-state index in [1.807, 2.05) is 31.5 Å². The van der Waals surface area contributed by atoms with E-state index in [9.17, 15) is 4.39 Å². The minimum Gasteiger partial charge on any atom is -0.364 e. The van der Waals surface area contributed by atoms with Crippen molar-refractivity contribution in [2.75, 3.05) is 5.32 Å². The fourth-order valence-corrected chi connectivity index (χ4v) is 2.31. The third kappa shape index (κ3) is 4.00. The molecule has 0 radical (unpaired) electrons. The van der Waals surface area contributed by atoms with Gasteiger partial charge in [-0.1, -0.05) is 13.8 Å². The van der Waals surface area contributed by atoms with Crippen LogP contribution in [0.15, 0.2) is 6.07 Å². The Morgan fingerprint density at radius 1 is 1.23 bits per heavy atom. The quantitative estimate of drug-likeness (QED) is 0.881. The summed E-state index contributed by atoms with van der Waals surface area (Å²) in [5.74, 6) is 1.05. The van der Waals surface area contributed by atoms with Crippen LogP contribution in [0.2, 0.25) is 0 Å². The highest BCUT2D eigenvalue weighted by molar-refractivity contribution is 5.85. The van der Waals surface area contributed by atoms with Crippen molar-refractivity contribution in [2.24, 2.45) is 5.92 Å². The van der Waals surface area contributed by atoms with Gasteiger partial charge in [0.15, 0.2) is 0 Å². The van der Waals surface area contributed by atoms with Gasteiger partial charge in [-0.15, -0.1) is 12.4 Å². The van der Waals surface area contributed by atoms with E-state index in [1.54, 1.807) is 0 Å². The number of hydrogen-bond donors (Lipinski definition) is 1. The molecule has 0 saturated carbocycles. The van der Waals surface area contributed by atoms with Gasteiger partial charge in [0.05, 0.1) is 5.69 Å². The van der Waals surface area contributed by atoms with E-state index in [-0.39, 0.29) is 18.4 Å². The molecule has 0 amide bonds. The molecule has 2 rings (SSSR count). The van der Waals surface area contributed by atoms with Crippen molar-refractivity contribution in [2.45, 2.75) is 54.3 Å². The Labute approximate surface area is 137 Å². The zero-order valence-electron chi connectivity index (χ0n) is 13.9. The second-order valence-corrected chi connectivity index (χ2v) is 5.77. The zero-order chi connectivity index (χ0) is 15.6. The molecule has 0 unspecified atom stereocenters. The topological polar surface area (TPSA) is 47.7 Å². The lowest BCUT2D eigenvalue weighted by molar-refractivity contribution is 0.464. The van der Waals surface area contributed by atoms with Crippen molar-refractivity contribution in [1.29, 1.82) is 0 Å². The van der Waals surface area contributed by atoms with Crippen molar-refractivity contribution in [3.63, 3.8) is 0 Å². The normalized spacial score (nSPS) is 10.9. The Bertz CT molecular complexity index is 618. The summed E-state index contributed by atoms with van der Waals surface area (Å²) in [6.45, 7) is 11.9. The maximum atomic E-state index is 14.1. The van der Waals surface area contributed by atoms with Crippen molar-refractivity contribution >= 4 is 18.2 Å². The second-order valence-electron chi connectivity index (χ2n) is 5.77. The Hall–Kier alpha value is -1.56. The zero-order valence-corrected chi connectivity index (χ0v) is 14.7. The van der Waals surface area contributed by atoms with Gasteiger partial charge in [0.25, 0.3) is 0 Å². The van der Waals surface area contributed by atoms with Gasteiger partial charge in [-0.25, -0.2) is 4.68 Å². The smallest absolute Gasteiger partial charge is 0.216 e. The van der Waals surface area contributed by atoms with Gasteiger partial charge in [-0.2, -0.15) is 14.6 Å². The van der Waals surface area contributed by atoms with E-state index >= 15 is 0 Å². The van der Waals surface area contributed by atoms with Crippen molar-refractivity contribution in [3.8, 4) is 0 Å². The molecule has 2 heterocycles. The number of halogens is 2. The van der Waals surface area contributed by atoms with Gasteiger partial charge in [0.1, 0.15) is 5.82 Å². The molecule has 22 heavy (non-hydrogen) atoms. The van der Waals surface area contributed by atoms with Gasteiger partial charge in [-0.3, -0.25) is 4.68 Å². The molecule has 2 aromatic rings. The van der Waals surface area contributed by atoms with Crippen molar-refractivity contribution in [1.82, 2.24) is 19.6 Å². The van der Waals surface area contributed by atoms with Crippen molar-refractivity contribution < 1.29 is 4.39 Å². The Balaban J connectivity index is 0.00000242. The summed E-state index contributed by atoms with van der Waals surface area (Å²) < 4.78 is 17.4. The Morgan fingerprint density at radius 3 is 2.45 bits per heavy atom. The van der Waals surface area contributed by atoms with E-state index in [1.165, 1.54) is 4.68 Å². The molecular weight excluding hydrogens is 305 g/mol. The van der Waals surface area contributed by atoms with Gasteiger partial charge in [0, 0.05) is 37.0 Å². The van der Waals surface area contributed by atoms with Crippen molar-refractivity contribution in [3.05, 3.63) is 29.0 Å². The number of nitrogens with zero attached hydrogens (tertiary/aromatic N) is 4. The van der Waals surface area contributed by atoms with E-state index < -0.39 is 0 Å². The molecule has 5 nitrogen and oxygen atoms in total. The van der Waals surface area contributed by atoms with Crippen LogP contribution < -0.4 is 5.32 Å². The third-order valence-corrected chi connectivity index (χ3v) is 3.45. The SMILES string of the molecule is CCn1nc(C)c(CNc2cc(C)n(CC(C)C)n2)c1F.Cl. The minimum atomic E-state index is -0.263. The van der Waals surface area contributed by atoms with Crippen LogP contribution in [0.25, 0.3) is 0 Å². The predicted octanol–water partition coefficient (Wildman–Crippen LogP) is 3.55. The summed E-state index contributed by atoms with van der Waals surface area (Å²) >= 11 is 0. The van der Waals surface area contributed by atoms with Crippen LogP contribution in [-0.2, 0) is 19.6 Å². The van der Waals surface area contributed by atoms with E-state index in [2.05, 4.69) is 29.4 Å². The first-order valence-electron chi connectivity index (χ1n) is 7.42. The molecule has 2 aromatic heterocycles. The van der Waals surface area contributed by atoms with Crippen LogP contribution >= 0.6 is 12.4 Å². The van der Waals surface area contributed by atoms with Gasteiger partial charge in [0.2, 0.25) is 5.95 Å². The van der Waals surface area contributed by atoms with Gasteiger partial charge in [-0.05, 0) is 26.7 Å². The Kier molecular flexibility index (Phi) is 6.41. The summed E-state index contributed by atoms with van der Waals surface area (Å²) in [6, 6.07) is 1.99. The number of aryl methyl sites for hydroxylation is 3. The number of hydrogen-bond acceptors (Lipinski definition) is 3. The molecule has 0 atom stereocenters. The predicted molar refractivity (Wildman–Crippen MR) is 89.0 cm³/mol. The van der Waals surface area contributed by atoms with E-state index in [4.69, 9.17) is 0 Å². The summed E-state index contributed by atoms with van der Waals surface area (Å²) in [7, 11) is 0. The molecular formula is C15H25ClFN5. The highest BCUT2D eigenvalue weighted by Gasteiger charge is 2.14. The molecule has 0 spiro atoms. The summed E-state index contributed by atoms with van der Waals surface area (Å²) in [6.07, 6.45) is 0. The van der Waals surface area contributed by atoms with E-state index in [0.29, 0.717) is 24.6 Å². The standard InChI is InChI=1S/C15H24FN5.ClH/c1-6-20-15(16)13(12(5)18-20)8-17-14-7-11(4)21(19-14)9-10(2)3;/h7,10H,6,8-9H2,1-5H3,(H,17,19);1H. The van der Waals surface area contributed by atoms with Crippen LogP contribution in [0.1, 0.15) is 37.7 Å². The molecule has 0 aliphatic rings. The maximum absolute atomic E-state index is 14.1. The number of rotatable bonds is 6. The van der Waals surface area contributed by atoms with E-state index in [0.717, 1.165) is 23.8 Å². The molecule has 0 bridgehead atoms. The minimum absolute atomic E-state index is 0. The van der Waals surface area contributed by atoms with Crippen LogP contribution in [-0.4, -0.2) is 19.6 Å².